The van der Waals surface area contributed by atoms with Gasteiger partial charge in [0.1, 0.15) is 6.10 Å². The van der Waals surface area contributed by atoms with Crippen molar-refractivity contribution in [2.24, 2.45) is 5.92 Å². The van der Waals surface area contributed by atoms with E-state index in [9.17, 15) is 9.59 Å². The molecule has 1 aromatic rings. The van der Waals surface area contributed by atoms with Crippen LogP contribution in [0.4, 0.5) is 10.5 Å². The predicted molar refractivity (Wildman–Crippen MR) is 104 cm³/mol. The number of nitrogens with one attached hydrogen (secondary N) is 3. The average molecular weight is 378 g/mol. The van der Waals surface area contributed by atoms with Crippen LogP contribution in [0.3, 0.4) is 0 Å². The number of carbonyl (C=O) groups excluding carboxylic acids is 2. The van der Waals surface area contributed by atoms with Crippen molar-refractivity contribution in [3.05, 3.63) is 29.8 Å². The van der Waals surface area contributed by atoms with Gasteiger partial charge in [0.15, 0.2) is 0 Å². The predicted octanol–water partition coefficient (Wildman–Crippen LogP) is 2.75. The maximum absolute atomic E-state index is 12.1. The molecule has 26 heavy (non-hydrogen) atoms. The smallest absolute Gasteiger partial charge is 0.315 e. The van der Waals surface area contributed by atoms with Crippen molar-refractivity contribution in [3.8, 4) is 0 Å². The third-order valence-corrected chi connectivity index (χ3v) is 5.81. The molecule has 142 valence electrons. The van der Waals surface area contributed by atoms with Crippen LogP contribution in [-0.2, 0) is 16.1 Å². The Balaban J connectivity index is 1.41. The van der Waals surface area contributed by atoms with Crippen LogP contribution in [0.15, 0.2) is 24.3 Å². The Bertz CT molecular complexity index is 614. The highest BCUT2D eigenvalue weighted by Gasteiger charge is 2.23. The maximum Gasteiger partial charge on any atom is 0.315 e. The minimum atomic E-state index is -0.347. The number of urea groups is 1. The summed E-state index contributed by atoms with van der Waals surface area (Å²) in [5.41, 5.74) is 1.67. The third-order valence-electron chi connectivity index (χ3n) is 4.76. The molecule has 6 nitrogen and oxygen atoms in total. The van der Waals surface area contributed by atoms with Gasteiger partial charge >= 0.3 is 6.03 Å². The fourth-order valence-electron chi connectivity index (χ4n) is 3.20. The molecule has 1 unspecified atom stereocenters. The molecule has 3 N–H and O–H groups in total. The number of thioether (sulfide) groups is 1. The lowest BCUT2D eigenvalue weighted by molar-refractivity contribution is -0.124. The summed E-state index contributed by atoms with van der Waals surface area (Å²) in [5, 5.41) is 8.73. The standard InChI is InChI=1S/C19H27N3O3S/c23-18(17-5-2-8-25-17)22-16-4-1-3-15(11-16)13-21-19(24)20-12-14-6-9-26-10-7-14/h1,3-4,11,14,17H,2,5-10,12-13H2,(H,22,23)(H2,20,21,24). The molecule has 0 aromatic heterocycles. The summed E-state index contributed by atoms with van der Waals surface area (Å²) in [6.45, 7) is 1.82. The van der Waals surface area contributed by atoms with Gasteiger partial charge in [-0.05, 0) is 60.8 Å². The minimum absolute atomic E-state index is 0.101. The summed E-state index contributed by atoms with van der Waals surface area (Å²) < 4.78 is 5.39. The summed E-state index contributed by atoms with van der Waals surface area (Å²) in [6, 6.07) is 7.39. The summed E-state index contributed by atoms with van der Waals surface area (Å²) in [4.78, 5) is 24.1. The number of carbonyl (C=O) groups is 2. The van der Waals surface area contributed by atoms with Gasteiger partial charge in [0.25, 0.3) is 5.91 Å². The van der Waals surface area contributed by atoms with Crippen LogP contribution in [0.1, 0.15) is 31.2 Å². The Hall–Kier alpha value is -1.73. The SMILES string of the molecule is O=C(NCc1cccc(NC(=O)C2CCCO2)c1)NCC1CCSCC1. The van der Waals surface area contributed by atoms with E-state index in [1.54, 1.807) is 0 Å². The molecule has 0 aliphatic carbocycles. The zero-order valence-corrected chi connectivity index (χ0v) is 15.8. The van der Waals surface area contributed by atoms with Crippen molar-refractivity contribution < 1.29 is 14.3 Å². The van der Waals surface area contributed by atoms with Gasteiger partial charge in [0.2, 0.25) is 0 Å². The van der Waals surface area contributed by atoms with Gasteiger partial charge in [-0.2, -0.15) is 11.8 Å². The highest BCUT2D eigenvalue weighted by molar-refractivity contribution is 7.99. The van der Waals surface area contributed by atoms with E-state index in [1.807, 2.05) is 36.0 Å². The first-order chi connectivity index (χ1) is 12.7. The van der Waals surface area contributed by atoms with Gasteiger partial charge in [-0.25, -0.2) is 4.79 Å². The van der Waals surface area contributed by atoms with Crippen molar-refractivity contribution in [1.82, 2.24) is 10.6 Å². The van der Waals surface area contributed by atoms with Gasteiger partial charge in [-0.1, -0.05) is 12.1 Å². The molecule has 3 rings (SSSR count). The molecule has 1 atom stereocenters. The normalized spacial score (nSPS) is 20.5. The van der Waals surface area contributed by atoms with Gasteiger partial charge in [0, 0.05) is 25.4 Å². The van der Waals surface area contributed by atoms with Crippen LogP contribution < -0.4 is 16.0 Å². The molecular formula is C19H27N3O3S. The van der Waals surface area contributed by atoms with E-state index in [0.29, 0.717) is 19.1 Å². The molecular weight excluding hydrogens is 350 g/mol. The number of ether oxygens (including phenoxy) is 1. The van der Waals surface area contributed by atoms with E-state index in [-0.39, 0.29) is 18.0 Å². The van der Waals surface area contributed by atoms with Crippen LogP contribution in [0.2, 0.25) is 0 Å². The quantitative estimate of drug-likeness (QED) is 0.712. The van der Waals surface area contributed by atoms with Gasteiger partial charge in [0.05, 0.1) is 0 Å². The third kappa shape index (κ3) is 5.92. The van der Waals surface area contributed by atoms with Gasteiger partial charge in [-0.15, -0.1) is 0 Å². The zero-order chi connectivity index (χ0) is 18.2. The monoisotopic (exact) mass is 377 g/mol. The van der Waals surface area contributed by atoms with Crippen molar-refractivity contribution in [1.29, 1.82) is 0 Å². The molecule has 0 saturated carbocycles. The van der Waals surface area contributed by atoms with Crippen LogP contribution in [0.5, 0.6) is 0 Å². The number of rotatable bonds is 6. The maximum atomic E-state index is 12.1. The van der Waals surface area contributed by atoms with E-state index < -0.39 is 0 Å². The van der Waals surface area contributed by atoms with Crippen molar-refractivity contribution in [3.63, 3.8) is 0 Å². The Morgan fingerprint density at radius 1 is 1.15 bits per heavy atom. The molecule has 0 bridgehead atoms. The first-order valence-electron chi connectivity index (χ1n) is 9.31. The molecule has 2 aliphatic heterocycles. The lowest BCUT2D eigenvalue weighted by Gasteiger charge is -2.21. The fraction of sp³-hybridized carbons (Fsp3) is 0.579. The molecule has 0 radical (unpaired) electrons. The largest absolute Gasteiger partial charge is 0.368 e. The zero-order valence-electron chi connectivity index (χ0n) is 15.0. The molecule has 1 aromatic carbocycles. The second-order valence-corrected chi connectivity index (χ2v) is 8.04. The molecule has 2 aliphatic rings. The molecule has 3 amide bonds. The Labute approximate surface area is 158 Å². The molecule has 2 fully saturated rings. The summed E-state index contributed by atoms with van der Waals surface area (Å²) >= 11 is 1.99. The van der Waals surface area contributed by atoms with Gasteiger partial charge < -0.3 is 20.7 Å². The fourth-order valence-corrected chi connectivity index (χ4v) is 4.40. The molecule has 7 heteroatoms. The topological polar surface area (TPSA) is 79.5 Å². The second-order valence-electron chi connectivity index (χ2n) is 6.81. The lowest BCUT2D eigenvalue weighted by atomic mass is 10.0. The first-order valence-corrected chi connectivity index (χ1v) is 10.5. The Morgan fingerprint density at radius 3 is 2.77 bits per heavy atom. The summed E-state index contributed by atoms with van der Waals surface area (Å²) in [7, 11) is 0. The molecule has 2 saturated heterocycles. The highest BCUT2D eigenvalue weighted by Crippen LogP contribution is 2.21. The minimum Gasteiger partial charge on any atom is -0.368 e. The van der Waals surface area contributed by atoms with Crippen LogP contribution in [0.25, 0.3) is 0 Å². The van der Waals surface area contributed by atoms with Crippen molar-refractivity contribution in [2.75, 3.05) is 30.0 Å². The first kappa shape index (κ1) is 19.0. The number of amides is 3. The second kappa shape index (κ2) is 9.83. The van der Waals surface area contributed by atoms with Crippen molar-refractivity contribution in [2.45, 2.75) is 38.3 Å². The highest BCUT2D eigenvalue weighted by atomic mass is 32.2. The van der Waals surface area contributed by atoms with E-state index >= 15 is 0 Å². The van der Waals surface area contributed by atoms with Crippen LogP contribution >= 0.6 is 11.8 Å². The number of hydrogen-bond donors (Lipinski definition) is 3. The molecule has 2 heterocycles. The molecule has 0 spiro atoms. The number of benzene rings is 1. The van der Waals surface area contributed by atoms with E-state index in [0.717, 1.165) is 30.6 Å². The average Bonchev–Trinajstić information content (AvgIpc) is 3.21. The van der Waals surface area contributed by atoms with Crippen LogP contribution in [0, 0.1) is 5.92 Å². The Morgan fingerprint density at radius 2 is 2.00 bits per heavy atom. The van der Waals surface area contributed by atoms with Crippen LogP contribution in [-0.4, -0.2) is 42.7 Å². The Kier molecular flexibility index (Phi) is 7.20. The summed E-state index contributed by atoms with van der Waals surface area (Å²) in [6.07, 6.45) is 3.71. The number of anilines is 1. The van der Waals surface area contributed by atoms with E-state index in [4.69, 9.17) is 4.74 Å². The van der Waals surface area contributed by atoms with E-state index in [2.05, 4.69) is 16.0 Å². The van der Waals surface area contributed by atoms with E-state index in [1.165, 1.54) is 24.3 Å². The lowest BCUT2D eigenvalue weighted by Crippen LogP contribution is -2.38. The number of hydrogen-bond acceptors (Lipinski definition) is 4. The van der Waals surface area contributed by atoms with Gasteiger partial charge in [-0.3, -0.25) is 4.79 Å². The van der Waals surface area contributed by atoms with Crippen molar-refractivity contribution >= 4 is 29.4 Å². The summed E-state index contributed by atoms with van der Waals surface area (Å²) in [5.74, 6) is 2.88.